The van der Waals surface area contributed by atoms with E-state index in [9.17, 15) is 14.0 Å². The number of hydrogen-bond acceptors (Lipinski definition) is 3. The minimum absolute atomic E-state index is 0.123. The molecule has 0 aromatic heterocycles. The Morgan fingerprint density at radius 3 is 2.26 bits per heavy atom. The van der Waals surface area contributed by atoms with Crippen LogP contribution in [0.5, 0.6) is 5.75 Å². The first-order chi connectivity index (χ1) is 18.4. The van der Waals surface area contributed by atoms with Crippen LogP contribution in [0.15, 0.2) is 78.9 Å². The summed E-state index contributed by atoms with van der Waals surface area (Å²) in [6.07, 6.45) is 4.45. The number of para-hydroxylation sites is 1. The molecule has 38 heavy (non-hydrogen) atoms. The zero-order chi connectivity index (χ0) is 26.9. The molecular weight excluding hydrogens is 479 g/mol. The SMILES string of the molecule is CC(C)c1ccccc1OCC(=O)N(Cc1ccc(F)cc1)[C@@H](Cc1ccccc1)C(=O)NC1CCCC1. The number of rotatable bonds is 11. The number of carbonyl (C=O) groups excluding carboxylic acids is 2. The Bertz CT molecular complexity index is 1190. The van der Waals surface area contributed by atoms with Gasteiger partial charge >= 0.3 is 0 Å². The average Bonchev–Trinajstić information content (AvgIpc) is 3.44. The van der Waals surface area contributed by atoms with E-state index in [1.807, 2.05) is 54.6 Å². The highest BCUT2D eigenvalue weighted by molar-refractivity contribution is 5.88. The van der Waals surface area contributed by atoms with Gasteiger partial charge in [0.25, 0.3) is 5.91 Å². The summed E-state index contributed by atoms with van der Waals surface area (Å²) in [5.74, 6) is 0.0847. The summed E-state index contributed by atoms with van der Waals surface area (Å²) in [5.41, 5.74) is 2.72. The Kier molecular flexibility index (Phi) is 9.52. The Labute approximate surface area is 225 Å². The minimum atomic E-state index is -0.737. The molecule has 1 saturated carbocycles. The van der Waals surface area contributed by atoms with Gasteiger partial charge in [-0.1, -0.05) is 87.4 Å². The van der Waals surface area contributed by atoms with Crippen molar-refractivity contribution < 1.29 is 18.7 Å². The second kappa shape index (κ2) is 13.2. The second-order valence-corrected chi connectivity index (χ2v) is 10.3. The van der Waals surface area contributed by atoms with Gasteiger partial charge in [0.15, 0.2) is 6.61 Å². The van der Waals surface area contributed by atoms with Crippen LogP contribution in [-0.4, -0.2) is 35.4 Å². The molecule has 1 N–H and O–H groups in total. The maximum absolute atomic E-state index is 13.8. The number of carbonyl (C=O) groups is 2. The maximum atomic E-state index is 13.8. The number of benzene rings is 3. The number of halogens is 1. The molecule has 0 aliphatic heterocycles. The normalized spacial score (nSPS) is 14.3. The van der Waals surface area contributed by atoms with Crippen LogP contribution in [-0.2, 0) is 22.6 Å². The lowest BCUT2D eigenvalue weighted by atomic mass is 10.0. The van der Waals surface area contributed by atoms with Crippen molar-refractivity contribution in [1.82, 2.24) is 10.2 Å². The lowest BCUT2D eigenvalue weighted by molar-refractivity contribution is -0.143. The quantitative estimate of drug-likeness (QED) is 0.339. The largest absolute Gasteiger partial charge is 0.483 e. The number of nitrogens with one attached hydrogen (secondary N) is 1. The highest BCUT2D eigenvalue weighted by atomic mass is 19.1. The minimum Gasteiger partial charge on any atom is -0.483 e. The van der Waals surface area contributed by atoms with E-state index in [0.29, 0.717) is 12.2 Å². The molecule has 4 rings (SSSR count). The van der Waals surface area contributed by atoms with Gasteiger partial charge in [-0.15, -0.1) is 0 Å². The van der Waals surface area contributed by atoms with Gasteiger partial charge in [-0.3, -0.25) is 9.59 Å². The zero-order valence-electron chi connectivity index (χ0n) is 22.2. The third-order valence-electron chi connectivity index (χ3n) is 7.13. The van der Waals surface area contributed by atoms with Gasteiger partial charge in [-0.25, -0.2) is 4.39 Å². The molecule has 6 heteroatoms. The van der Waals surface area contributed by atoms with E-state index in [1.165, 1.54) is 12.1 Å². The highest BCUT2D eigenvalue weighted by Crippen LogP contribution is 2.26. The molecule has 0 heterocycles. The van der Waals surface area contributed by atoms with Gasteiger partial charge in [0, 0.05) is 19.0 Å². The smallest absolute Gasteiger partial charge is 0.261 e. The zero-order valence-corrected chi connectivity index (χ0v) is 22.2. The first-order valence-electron chi connectivity index (χ1n) is 13.5. The molecule has 1 aliphatic carbocycles. The van der Waals surface area contributed by atoms with Crippen LogP contribution in [0.1, 0.15) is 62.1 Å². The van der Waals surface area contributed by atoms with E-state index >= 15 is 0 Å². The van der Waals surface area contributed by atoms with Crippen molar-refractivity contribution in [2.45, 2.75) is 70.5 Å². The van der Waals surface area contributed by atoms with Crippen LogP contribution in [0.4, 0.5) is 4.39 Å². The van der Waals surface area contributed by atoms with Gasteiger partial charge in [0.1, 0.15) is 17.6 Å². The molecule has 3 aromatic carbocycles. The third kappa shape index (κ3) is 7.44. The molecule has 0 radical (unpaired) electrons. The van der Waals surface area contributed by atoms with Crippen LogP contribution in [0.25, 0.3) is 0 Å². The van der Waals surface area contributed by atoms with E-state index in [-0.39, 0.29) is 42.7 Å². The molecule has 1 fully saturated rings. The summed E-state index contributed by atoms with van der Waals surface area (Å²) in [5, 5.41) is 3.19. The standard InChI is InChI=1S/C32H37FN2O3/c1-23(2)28-14-8-9-15-30(28)38-22-31(36)35(21-25-16-18-26(33)19-17-25)29(20-24-10-4-3-5-11-24)32(37)34-27-12-6-7-13-27/h3-5,8-11,14-19,23,27,29H,6-7,12-13,20-22H2,1-2H3,(H,34,37)/t29-/m0/s1. The molecular formula is C32H37FN2O3. The lowest BCUT2D eigenvalue weighted by Gasteiger charge is -2.32. The van der Waals surface area contributed by atoms with Crippen molar-refractivity contribution in [1.29, 1.82) is 0 Å². The maximum Gasteiger partial charge on any atom is 0.261 e. The summed E-state index contributed by atoms with van der Waals surface area (Å²) in [4.78, 5) is 29.1. The van der Waals surface area contributed by atoms with Crippen LogP contribution in [0.2, 0.25) is 0 Å². The summed E-state index contributed by atoms with van der Waals surface area (Å²) < 4.78 is 19.7. The topological polar surface area (TPSA) is 58.6 Å². The van der Waals surface area contributed by atoms with Crippen LogP contribution in [0, 0.1) is 5.82 Å². The first kappa shape index (κ1) is 27.4. The first-order valence-corrected chi connectivity index (χ1v) is 13.5. The Balaban J connectivity index is 1.62. The van der Waals surface area contributed by atoms with E-state index in [4.69, 9.17) is 4.74 Å². The number of ether oxygens (including phenoxy) is 1. The Morgan fingerprint density at radius 2 is 1.58 bits per heavy atom. The predicted octanol–water partition coefficient (Wildman–Crippen LogP) is 6.03. The molecule has 1 atom stereocenters. The fourth-order valence-corrected chi connectivity index (χ4v) is 5.02. The van der Waals surface area contributed by atoms with Crippen molar-refractivity contribution in [3.8, 4) is 5.75 Å². The Morgan fingerprint density at radius 1 is 0.921 bits per heavy atom. The van der Waals surface area contributed by atoms with Crippen molar-refractivity contribution in [2.24, 2.45) is 0 Å². The Hall–Kier alpha value is -3.67. The molecule has 0 unspecified atom stereocenters. The fraction of sp³-hybridized carbons (Fsp3) is 0.375. The summed E-state index contributed by atoms with van der Waals surface area (Å²) >= 11 is 0. The van der Waals surface area contributed by atoms with Gasteiger partial charge in [-0.2, -0.15) is 0 Å². The van der Waals surface area contributed by atoms with Crippen molar-refractivity contribution in [3.05, 3.63) is 101 Å². The van der Waals surface area contributed by atoms with Crippen molar-refractivity contribution in [2.75, 3.05) is 6.61 Å². The van der Waals surface area contributed by atoms with Gasteiger partial charge in [0.05, 0.1) is 0 Å². The van der Waals surface area contributed by atoms with E-state index in [1.54, 1.807) is 17.0 Å². The number of amides is 2. The summed E-state index contributed by atoms with van der Waals surface area (Å²) in [7, 11) is 0. The molecule has 0 bridgehead atoms. The van der Waals surface area contributed by atoms with Crippen LogP contribution in [0.3, 0.4) is 0 Å². The predicted molar refractivity (Wildman–Crippen MR) is 147 cm³/mol. The summed E-state index contributed by atoms with van der Waals surface area (Å²) in [6, 6.07) is 22.8. The molecule has 5 nitrogen and oxygen atoms in total. The van der Waals surface area contributed by atoms with Crippen molar-refractivity contribution >= 4 is 11.8 Å². The molecule has 0 spiro atoms. The monoisotopic (exact) mass is 516 g/mol. The lowest BCUT2D eigenvalue weighted by Crippen LogP contribution is -2.53. The second-order valence-electron chi connectivity index (χ2n) is 10.3. The van der Waals surface area contributed by atoms with Crippen LogP contribution >= 0.6 is 0 Å². The summed E-state index contributed by atoms with van der Waals surface area (Å²) in [6.45, 7) is 4.12. The van der Waals surface area contributed by atoms with E-state index < -0.39 is 6.04 Å². The average molecular weight is 517 g/mol. The molecule has 2 amide bonds. The molecule has 0 saturated heterocycles. The van der Waals surface area contributed by atoms with Crippen molar-refractivity contribution in [3.63, 3.8) is 0 Å². The van der Waals surface area contributed by atoms with E-state index in [2.05, 4.69) is 19.2 Å². The van der Waals surface area contributed by atoms with Gasteiger partial charge in [0.2, 0.25) is 5.91 Å². The molecule has 200 valence electrons. The van der Waals surface area contributed by atoms with Gasteiger partial charge < -0.3 is 15.0 Å². The number of hydrogen-bond donors (Lipinski definition) is 1. The fourth-order valence-electron chi connectivity index (χ4n) is 5.02. The van der Waals surface area contributed by atoms with Gasteiger partial charge in [-0.05, 0) is 53.6 Å². The number of nitrogens with zero attached hydrogens (tertiary/aromatic N) is 1. The third-order valence-corrected chi connectivity index (χ3v) is 7.13. The molecule has 3 aromatic rings. The van der Waals surface area contributed by atoms with E-state index in [0.717, 1.165) is 42.4 Å². The molecule has 1 aliphatic rings. The van der Waals surface area contributed by atoms with Crippen LogP contribution < -0.4 is 10.1 Å². The highest BCUT2D eigenvalue weighted by Gasteiger charge is 2.32.